The molecule has 0 bridgehead atoms. The molecule has 4 heterocycles. The van der Waals surface area contributed by atoms with Crippen LogP contribution in [0.15, 0.2) is 6.33 Å². The minimum Gasteiger partial charge on any atom is -0.376 e. The molecule has 0 aromatic carbocycles. The summed E-state index contributed by atoms with van der Waals surface area (Å²) in [5.41, 5.74) is 5.33. The summed E-state index contributed by atoms with van der Waals surface area (Å²) in [4.78, 5) is 15.4. The number of nitrogens with one attached hydrogen (secondary N) is 1. The van der Waals surface area contributed by atoms with Crippen molar-refractivity contribution < 1.29 is 4.74 Å². The number of anilines is 1. The van der Waals surface area contributed by atoms with Crippen LogP contribution >= 0.6 is 11.3 Å². The van der Waals surface area contributed by atoms with Crippen molar-refractivity contribution in [2.75, 3.05) is 18.5 Å². The van der Waals surface area contributed by atoms with Crippen LogP contribution in [0.5, 0.6) is 0 Å². The minimum atomic E-state index is 0.294. The van der Waals surface area contributed by atoms with Gasteiger partial charge in [-0.15, -0.1) is 11.3 Å². The molecule has 142 valence electrons. The van der Waals surface area contributed by atoms with Gasteiger partial charge < -0.3 is 10.1 Å². The molecular weight excluding hydrogens is 356 g/mol. The first kappa shape index (κ1) is 17.3. The first-order chi connectivity index (χ1) is 13.2. The number of hydrogen-bond acceptors (Lipinski definition) is 6. The van der Waals surface area contributed by atoms with Crippen molar-refractivity contribution in [2.24, 2.45) is 0 Å². The fourth-order valence-corrected chi connectivity index (χ4v) is 5.64. The van der Waals surface area contributed by atoms with Crippen molar-refractivity contribution >= 4 is 37.6 Å². The predicted octanol–water partition coefficient (Wildman–Crippen LogP) is 4.83. The van der Waals surface area contributed by atoms with E-state index in [0.29, 0.717) is 12.0 Å². The molecule has 1 N–H and O–H groups in total. The second kappa shape index (κ2) is 6.99. The number of thiophene rings is 1. The molecule has 1 unspecified atom stereocenters. The zero-order valence-electron chi connectivity index (χ0n) is 16.0. The average molecular weight is 383 g/mol. The topological polar surface area (TPSA) is 59.9 Å². The third-order valence-electron chi connectivity index (χ3n) is 5.82. The highest BCUT2D eigenvalue weighted by molar-refractivity contribution is 7.26. The monoisotopic (exact) mass is 382 g/mol. The van der Waals surface area contributed by atoms with Crippen LogP contribution in [-0.2, 0) is 17.6 Å². The maximum Gasteiger partial charge on any atom is 0.147 e. The van der Waals surface area contributed by atoms with Crippen LogP contribution in [0.25, 0.3) is 20.4 Å². The lowest BCUT2D eigenvalue weighted by molar-refractivity contribution is 0.120. The predicted molar refractivity (Wildman–Crippen MR) is 111 cm³/mol. The van der Waals surface area contributed by atoms with Crippen molar-refractivity contribution in [1.82, 2.24) is 15.0 Å². The summed E-state index contributed by atoms with van der Waals surface area (Å²) in [5, 5.41) is 4.79. The highest BCUT2D eigenvalue weighted by atomic mass is 32.1. The van der Waals surface area contributed by atoms with Crippen LogP contribution in [0, 0.1) is 0 Å². The average Bonchev–Trinajstić information content (AvgIpc) is 3.33. The van der Waals surface area contributed by atoms with E-state index >= 15 is 0 Å². The van der Waals surface area contributed by atoms with Gasteiger partial charge in [0.25, 0.3) is 0 Å². The Kier molecular flexibility index (Phi) is 4.48. The van der Waals surface area contributed by atoms with Gasteiger partial charge in [-0.1, -0.05) is 13.8 Å². The number of pyridine rings is 1. The highest BCUT2D eigenvalue weighted by Crippen LogP contribution is 2.41. The van der Waals surface area contributed by atoms with E-state index in [1.807, 2.05) is 0 Å². The van der Waals surface area contributed by atoms with Crippen molar-refractivity contribution in [1.29, 1.82) is 0 Å². The molecule has 1 atom stereocenters. The zero-order valence-corrected chi connectivity index (χ0v) is 16.9. The summed E-state index contributed by atoms with van der Waals surface area (Å²) in [6.07, 6.45) is 9.09. The van der Waals surface area contributed by atoms with Gasteiger partial charge >= 0.3 is 0 Å². The Morgan fingerprint density at radius 1 is 1.19 bits per heavy atom. The van der Waals surface area contributed by atoms with Crippen LogP contribution in [-0.4, -0.2) is 34.2 Å². The van der Waals surface area contributed by atoms with Gasteiger partial charge in [0.1, 0.15) is 17.0 Å². The van der Waals surface area contributed by atoms with Crippen molar-refractivity contribution in [2.45, 2.75) is 64.4 Å². The van der Waals surface area contributed by atoms with E-state index in [0.717, 1.165) is 59.7 Å². The zero-order chi connectivity index (χ0) is 18.4. The van der Waals surface area contributed by atoms with Crippen LogP contribution in [0.4, 0.5) is 5.82 Å². The van der Waals surface area contributed by atoms with Crippen LogP contribution in [0.2, 0.25) is 0 Å². The van der Waals surface area contributed by atoms with E-state index in [4.69, 9.17) is 9.72 Å². The molecule has 2 aliphatic rings. The molecule has 0 radical (unpaired) electrons. The quantitative estimate of drug-likeness (QED) is 0.700. The van der Waals surface area contributed by atoms with Gasteiger partial charge in [-0.05, 0) is 55.6 Å². The lowest BCUT2D eigenvalue weighted by Crippen LogP contribution is -2.18. The first-order valence-electron chi connectivity index (χ1n) is 10.2. The van der Waals surface area contributed by atoms with Crippen LogP contribution in [0.3, 0.4) is 0 Å². The van der Waals surface area contributed by atoms with Gasteiger partial charge in [-0.2, -0.15) is 0 Å². The van der Waals surface area contributed by atoms with Gasteiger partial charge in [0.05, 0.1) is 16.3 Å². The molecule has 27 heavy (non-hydrogen) atoms. The Labute approximate surface area is 163 Å². The molecular formula is C21H26N4OS. The number of aryl methyl sites for hydroxylation is 1. The molecule has 1 fully saturated rings. The summed E-state index contributed by atoms with van der Waals surface area (Å²) >= 11 is 1.74. The molecule has 1 saturated heterocycles. The molecule has 0 saturated carbocycles. The molecule has 3 aromatic rings. The van der Waals surface area contributed by atoms with E-state index < -0.39 is 0 Å². The number of hydrogen-bond donors (Lipinski definition) is 1. The summed E-state index contributed by atoms with van der Waals surface area (Å²) < 4.78 is 6.88. The molecule has 5 rings (SSSR count). The number of ether oxygens (including phenoxy) is 1. The molecule has 6 heteroatoms. The van der Waals surface area contributed by atoms with E-state index in [1.165, 1.54) is 35.0 Å². The number of rotatable bonds is 4. The maximum atomic E-state index is 5.75. The van der Waals surface area contributed by atoms with Gasteiger partial charge in [0.2, 0.25) is 0 Å². The van der Waals surface area contributed by atoms with Crippen LogP contribution in [0.1, 0.15) is 62.3 Å². The number of aromatic nitrogens is 3. The van der Waals surface area contributed by atoms with E-state index in [1.54, 1.807) is 17.7 Å². The molecule has 3 aromatic heterocycles. The molecule has 5 nitrogen and oxygen atoms in total. The van der Waals surface area contributed by atoms with Gasteiger partial charge in [-0.3, -0.25) is 0 Å². The van der Waals surface area contributed by atoms with E-state index in [-0.39, 0.29) is 0 Å². The van der Waals surface area contributed by atoms with Crippen molar-refractivity contribution in [3.05, 3.63) is 23.1 Å². The summed E-state index contributed by atoms with van der Waals surface area (Å²) in [6.45, 7) is 6.20. The first-order valence-corrected chi connectivity index (χ1v) is 11.0. The normalized spacial score (nSPS) is 19.9. The van der Waals surface area contributed by atoms with E-state index in [2.05, 4.69) is 29.1 Å². The standard InChI is InChI=1S/C21H26N4OS/c1-12(2)17-15-8-4-3-7-14(15)16-18-19(27-21(16)25-17)20(24-11-23-18)22-10-13-6-5-9-26-13/h11-13H,3-10H2,1-2H3,(H,22,23,24). The van der Waals surface area contributed by atoms with E-state index in [9.17, 15) is 0 Å². The summed E-state index contributed by atoms with van der Waals surface area (Å²) in [7, 11) is 0. The second-order valence-corrected chi connectivity index (χ2v) is 9.01. The smallest absolute Gasteiger partial charge is 0.147 e. The molecule has 1 aliphatic heterocycles. The SMILES string of the molecule is CC(C)c1nc2sc3c(NCC4CCCO4)ncnc3c2c2c1CCCC2. The third-order valence-corrected chi connectivity index (χ3v) is 6.90. The minimum absolute atomic E-state index is 0.294. The fourth-order valence-electron chi connectivity index (χ4n) is 4.51. The highest BCUT2D eigenvalue weighted by Gasteiger charge is 2.24. The largest absolute Gasteiger partial charge is 0.376 e. The van der Waals surface area contributed by atoms with Crippen LogP contribution < -0.4 is 5.32 Å². The Morgan fingerprint density at radius 2 is 2.04 bits per heavy atom. The lowest BCUT2D eigenvalue weighted by atomic mass is 9.86. The van der Waals surface area contributed by atoms with Gasteiger partial charge in [-0.25, -0.2) is 15.0 Å². The fraction of sp³-hybridized carbons (Fsp3) is 0.571. The summed E-state index contributed by atoms with van der Waals surface area (Å²) in [6, 6.07) is 0. The maximum absolute atomic E-state index is 5.75. The third kappa shape index (κ3) is 2.99. The Bertz CT molecular complexity index is 991. The number of fused-ring (bicyclic) bond motifs is 5. The lowest BCUT2D eigenvalue weighted by Gasteiger charge is -2.21. The molecule has 0 amide bonds. The Morgan fingerprint density at radius 3 is 2.81 bits per heavy atom. The van der Waals surface area contributed by atoms with Crippen molar-refractivity contribution in [3.63, 3.8) is 0 Å². The molecule has 1 aliphatic carbocycles. The molecule has 0 spiro atoms. The summed E-state index contributed by atoms with van der Waals surface area (Å²) in [5.74, 6) is 1.38. The van der Waals surface area contributed by atoms with Crippen molar-refractivity contribution in [3.8, 4) is 0 Å². The second-order valence-electron chi connectivity index (χ2n) is 8.01. The van der Waals surface area contributed by atoms with Gasteiger partial charge in [0.15, 0.2) is 0 Å². The van der Waals surface area contributed by atoms with Gasteiger partial charge in [0, 0.05) is 24.2 Å². The number of nitrogens with zero attached hydrogens (tertiary/aromatic N) is 3. The Balaban J connectivity index is 1.64. The Hall–Kier alpha value is -1.79.